The van der Waals surface area contributed by atoms with Crippen LogP contribution in [0, 0.1) is 0 Å². The van der Waals surface area contributed by atoms with Crippen LogP contribution in [0.5, 0.6) is 5.88 Å². The molecule has 2 aromatic rings. The summed E-state index contributed by atoms with van der Waals surface area (Å²) in [5, 5.41) is 8.90. The topological polar surface area (TPSA) is 97.3 Å². The van der Waals surface area contributed by atoms with Crippen LogP contribution in [-0.2, 0) is 9.53 Å². The highest BCUT2D eigenvalue weighted by Gasteiger charge is 2.33. The lowest BCUT2D eigenvalue weighted by Gasteiger charge is -2.07. The van der Waals surface area contributed by atoms with Crippen LogP contribution >= 0.6 is 0 Å². The summed E-state index contributed by atoms with van der Waals surface area (Å²) >= 11 is 0. The van der Waals surface area contributed by atoms with Gasteiger partial charge in [0.15, 0.2) is 11.8 Å². The molecule has 0 saturated carbocycles. The van der Waals surface area contributed by atoms with E-state index in [4.69, 9.17) is 14.6 Å². The second-order valence-corrected chi connectivity index (χ2v) is 4.38. The molecule has 1 aliphatic heterocycles. The fourth-order valence-corrected chi connectivity index (χ4v) is 2.18. The van der Waals surface area contributed by atoms with Gasteiger partial charge in [0.1, 0.15) is 11.9 Å². The van der Waals surface area contributed by atoms with Gasteiger partial charge in [0.2, 0.25) is 5.88 Å². The number of nitrogens with zero attached hydrogens (tertiary/aromatic N) is 2. The fraction of sp³-hybridized carbons (Fsp3) is 0.417. The quantitative estimate of drug-likeness (QED) is 0.865. The van der Waals surface area contributed by atoms with Crippen LogP contribution in [0.3, 0.4) is 0 Å². The van der Waals surface area contributed by atoms with Gasteiger partial charge >= 0.3 is 5.97 Å². The Morgan fingerprint density at radius 3 is 3.00 bits per heavy atom. The van der Waals surface area contributed by atoms with E-state index in [0.717, 1.165) is 5.52 Å². The van der Waals surface area contributed by atoms with Crippen molar-refractivity contribution < 1.29 is 19.4 Å². The Morgan fingerprint density at radius 2 is 2.32 bits per heavy atom. The molecule has 0 aliphatic carbocycles. The van der Waals surface area contributed by atoms with E-state index in [1.54, 1.807) is 13.2 Å². The average molecular weight is 263 g/mol. The molecule has 0 bridgehead atoms. The van der Waals surface area contributed by atoms with E-state index in [2.05, 4.69) is 15.0 Å². The Balaban J connectivity index is 1.88. The number of aliphatic carboxylic acids is 1. The summed E-state index contributed by atoms with van der Waals surface area (Å²) in [5.41, 5.74) is 1.31. The predicted molar refractivity (Wildman–Crippen MR) is 64.9 cm³/mol. The van der Waals surface area contributed by atoms with E-state index in [-0.39, 0.29) is 6.10 Å². The minimum absolute atomic E-state index is 0.318. The lowest BCUT2D eigenvalue weighted by molar-refractivity contribution is -0.149. The summed E-state index contributed by atoms with van der Waals surface area (Å²) in [4.78, 5) is 22.5. The fourth-order valence-electron chi connectivity index (χ4n) is 2.18. The average Bonchev–Trinajstić information content (AvgIpc) is 3.04. The number of carbonyl (C=O) groups is 1. The van der Waals surface area contributed by atoms with Gasteiger partial charge in [0, 0.05) is 6.07 Å². The number of aromatic nitrogens is 3. The zero-order valence-corrected chi connectivity index (χ0v) is 10.3. The highest BCUT2D eigenvalue weighted by atomic mass is 16.5. The van der Waals surface area contributed by atoms with Crippen LogP contribution in [0.25, 0.3) is 11.2 Å². The van der Waals surface area contributed by atoms with Crippen molar-refractivity contribution in [2.75, 3.05) is 7.11 Å². The van der Waals surface area contributed by atoms with Crippen molar-refractivity contribution >= 4 is 17.1 Å². The van der Waals surface area contributed by atoms with E-state index in [9.17, 15) is 4.79 Å². The molecule has 1 aliphatic rings. The van der Waals surface area contributed by atoms with Gasteiger partial charge in [0.25, 0.3) is 0 Å². The van der Waals surface area contributed by atoms with E-state index in [0.29, 0.717) is 30.2 Å². The maximum Gasteiger partial charge on any atom is 0.332 e. The molecule has 0 amide bonds. The standard InChI is InChI=1S/C12H13N3O4/c1-18-9-5-2-6-10(14-9)15-11(13-6)7-3-4-8(19-7)12(16)17/h2,5,7-8H,3-4H2,1H3,(H,16,17)(H,13,14,15). The van der Waals surface area contributed by atoms with Gasteiger partial charge in [-0.1, -0.05) is 0 Å². The third-order valence-electron chi connectivity index (χ3n) is 3.15. The number of H-pyrrole nitrogens is 1. The van der Waals surface area contributed by atoms with Crippen molar-refractivity contribution in [1.82, 2.24) is 15.0 Å². The lowest BCUT2D eigenvalue weighted by Crippen LogP contribution is -2.18. The summed E-state index contributed by atoms with van der Waals surface area (Å²) in [6.45, 7) is 0. The molecule has 2 atom stereocenters. The number of hydrogen-bond donors (Lipinski definition) is 2. The van der Waals surface area contributed by atoms with Crippen molar-refractivity contribution in [3.63, 3.8) is 0 Å². The molecule has 1 saturated heterocycles. The Morgan fingerprint density at radius 1 is 1.47 bits per heavy atom. The van der Waals surface area contributed by atoms with Crippen LogP contribution in [0.1, 0.15) is 24.8 Å². The first-order chi connectivity index (χ1) is 9.17. The van der Waals surface area contributed by atoms with Crippen LogP contribution in [0.2, 0.25) is 0 Å². The Hall–Kier alpha value is -2.15. The van der Waals surface area contributed by atoms with Crippen LogP contribution < -0.4 is 4.74 Å². The van der Waals surface area contributed by atoms with Crippen molar-refractivity contribution in [2.24, 2.45) is 0 Å². The van der Waals surface area contributed by atoms with Crippen molar-refractivity contribution in [2.45, 2.75) is 25.0 Å². The SMILES string of the molecule is COc1ccc2[nH]c(C3CCC(C(=O)O)O3)nc2n1. The molecule has 100 valence electrons. The molecular formula is C12H13N3O4. The van der Waals surface area contributed by atoms with E-state index in [1.807, 2.05) is 6.07 Å². The summed E-state index contributed by atoms with van der Waals surface area (Å²) in [5.74, 6) is 0.166. The van der Waals surface area contributed by atoms with Crippen molar-refractivity contribution in [1.29, 1.82) is 0 Å². The number of aromatic amines is 1. The van der Waals surface area contributed by atoms with Gasteiger partial charge in [-0.05, 0) is 18.9 Å². The number of carboxylic acids is 1. The zero-order chi connectivity index (χ0) is 13.4. The number of nitrogens with one attached hydrogen (secondary N) is 1. The Labute approximate surface area is 108 Å². The highest BCUT2D eigenvalue weighted by Crippen LogP contribution is 2.32. The van der Waals surface area contributed by atoms with Crippen LogP contribution in [0.15, 0.2) is 12.1 Å². The molecule has 0 spiro atoms. The second-order valence-electron chi connectivity index (χ2n) is 4.38. The first-order valence-electron chi connectivity index (χ1n) is 5.96. The number of imidazole rings is 1. The normalized spacial score (nSPS) is 22.8. The number of fused-ring (bicyclic) bond motifs is 1. The van der Waals surface area contributed by atoms with E-state index >= 15 is 0 Å². The third-order valence-corrected chi connectivity index (χ3v) is 3.15. The van der Waals surface area contributed by atoms with Gasteiger partial charge in [-0.3, -0.25) is 0 Å². The molecule has 1 fully saturated rings. The minimum atomic E-state index is -0.932. The molecule has 7 nitrogen and oxygen atoms in total. The first-order valence-corrected chi connectivity index (χ1v) is 5.96. The first kappa shape index (κ1) is 11.9. The summed E-state index contributed by atoms with van der Waals surface area (Å²) in [6, 6.07) is 3.56. The molecule has 2 unspecified atom stereocenters. The summed E-state index contributed by atoms with van der Waals surface area (Å²) in [6.07, 6.45) is 0.0591. The van der Waals surface area contributed by atoms with E-state index < -0.39 is 12.1 Å². The molecule has 0 radical (unpaired) electrons. The molecule has 19 heavy (non-hydrogen) atoms. The number of hydrogen-bond acceptors (Lipinski definition) is 5. The number of methoxy groups -OCH3 is 1. The Kier molecular flexibility index (Phi) is 2.83. The maximum atomic E-state index is 10.8. The molecule has 3 heterocycles. The third kappa shape index (κ3) is 2.12. The molecular weight excluding hydrogens is 250 g/mol. The zero-order valence-electron chi connectivity index (χ0n) is 10.3. The second kappa shape index (κ2) is 4.51. The van der Waals surface area contributed by atoms with E-state index in [1.165, 1.54) is 0 Å². The molecule has 2 aromatic heterocycles. The molecule has 3 rings (SSSR count). The van der Waals surface area contributed by atoms with Gasteiger partial charge in [-0.15, -0.1) is 0 Å². The van der Waals surface area contributed by atoms with Crippen LogP contribution in [0.4, 0.5) is 0 Å². The van der Waals surface area contributed by atoms with Gasteiger partial charge < -0.3 is 19.6 Å². The van der Waals surface area contributed by atoms with Gasteiger partial charge in [-0.25, -0.2) is 9.78 Å². The molecule has 0 aromatic carbocycles. The maximum absolute atomic E-state index is 10.8. The molecule has 7 heteroatoms. The smallest absolute Gasteiger partial charge is 0.332 e. The van der Waals surface area contributed by atoms with Crippen molar-refractivity contribution in [3.8, 4) is 5.88 Å². The predicted octanol–water partition coefficient (Wildman–Crippen LogP) is 1.27. The van der Waals surface area contributed by atoms with Crippen LogP contribution in [-0.4, -0.2) is 39.2 Å². The lowest BCUT2D eigenvalue weighted by atomic mass is 10.2. The highest BCUT2D eigenvalue weighted by molar-refractivity contribution is 5.73. The largest absolute Gasteiger partial charge is 0.481 e. The van der Waals surface area contributed by atoms with Crippen molar-refractivity contribution in [3.05, 3.63) is 18.0 Å². The Bertz CT molecular complexity index is 624. The molecule has 2 N–H and O–H groups in total. The number of carboxylic acid groups (broad SMARTS) is 1. The monoisotopic (exact) mass is 263 g/mol. The minimum Gasteiger partial charge on any atom is -0.481 e. The number of rotatable bonds is 3. The number of pyridine rings is 1. The number of ether oxygens (including phenoxy) is 2. The summed E-state index contributed by atoms with van der Waals surface area (Å²) < 4.78 is 10.5. The van der Waals surface area contributed by atoms with Gasteiger partial charge in [-0.2, -0.15) is 4.98 Å². The van der Waals surface area contributed by atoms with Gasteiger partial charge in [0.05, 0.1) is 12.6 Å². The summed E-state index contributed by atoms with van der Waals surface area (Å²) in [7, 11) is 1.54.